The Bertz CT molecular complexity index is 1200. The molecule has 0 radical (unpaired) electrons. The first-order valence-electron chi connectivity index (χ1n) is 10.7. The highest BCUT2D eigenvalue weighted by atomic mass is 16.5. The monoisotopic (exact) mass is 434 g/mol. The highest BCUT2D eigenvalue weighted by Gasteiger charge is 2.26. The van der Waals surface area contributed by atoms with Crippen molar-refractivity contribution in [3.63, 3.8) is 0 Å². The number of rotatable bonds is 5. The largest absolute Gasteiger partial charge is 0.419 e. The first-order valence-corrected chi connectivity index (χ1v) is 10.7. The van der Waals surface area contributed by atoms with Crippen LogP contribution in [0.15, 0.2) is 51.7 Å². The van der Waals surface area contributed by atoms with Gasteiger partial charge in [0.15, 0.2) is 5.58 Å². The summed E-state index contributed by atoms with van der Waals surface area (Å²) in [7, 11) is 1.68. The average Bonchev–Trinajstić information content (AvgIpc) is 2.99. The van der Waals surface area contributed by atoms with E-state index in [1.165, 1.54) is 4.57 Å². The fourth-order valence-corrected chi connectivity index (χ4v) is 3.88. The van der Waals surface area contributed by atoms with Crippen molar-refractivity contribution in [1.82, 2.24) is 15.2 Å². The van der Waals surface area contributed by atoms with Crippen molar-refractivity contribution >= 4 is 17.0 Å². The minimum atomic E-state index is -0.669. The third kappa shape index (κ3) is 4.44. The first kappa shape index (κ1) is 21.8. The molecule has 0 spiro atoms. The SMILES string of the molecule is CC(c1ccc(-c2ccc3oc(=O)n(C)c3c2)cc1)C(C#N)NC(=O)C1CNCCCO1. The summed E-state index contributed by atoms with van der Waals surface area (Å²) in [4.78, 5) is 24.3. The lowest BCUT2D eigenvalue weighted by atomic mass is 9.92. The van der Waals surface area contributed by atoms with E-state index in [9.17, 15) is 14.9 Å². The van der Waals surface area contributed by atoms with E-state index >= 15 is 0 Å². The molecule has 1 saturated heterocycles. The van der Waals surface area contributed by atoms with Gasteiger partial charge in [-0.15, -0.1) is 0 Å². The second-order valence-electron chi connectivity index (χ2n) is 8.05. The fourth-order valence-electron chi connectivity index (χ4n) is 3.88. The Hall–Kier alpha value is -3.41. The van der Waals surface area contributed by atoms with Crippen LogP contribution in [0, 0.1) is 11.3 Å². The standard InChI is InChI=1S/C24H26N4O4/c1-15(19(13-25)27-23(29)22-14-26-10-3-11-31-22)16-4-6-17(7-5-16)18-8-9-21-20(12-18)28(2)24(30)32-21/h4-9,12,15,19,22,26H,3,10-11,14H2,1-2H3,(H,27,29). The number of carbonyl (C=O) groups excluding carboxylic acids is 1. The number of hydrogen-bond acceptors (Lipinski definition) is 6. The second kappa shape index (κ2) is 9.39. The average molecular weight is 434 g/mol. The van der Waals surface area contributed by atoms with Crippen LogP contribution in [0.3, 0.4) is 0 Å². The van der Waals surface area contributed by atoms with Crippen molar-refractivity contribution in [3.05, 3.63) is 58.6 Å². The minimum absolute atomic E-state index is 0.200. The Morgan fingerprint density at radius 1 is 1.25 bits per heavy atom. The van der Waals surface area contributed by atoms with E-state index in [-0.39, 0.29) is 11.8 Å². The van der Waals surface area contributed by atoms with Crippen LogP contribution < -0.4 is 16.4 Å². The molecule has 2 N–H and O–H groups in total. The van der Waals surface area contributed by atoms with Crippen molar-refractivity contribution in [2.24, 2.45) is 7.05 Å². The van der Waals surface area contributed by atoms with E-state index < -0.39 is 17.9 Å². The highest BCUT2D eigenvalue weighted by Crippen LogP contribution is 2.27. The van der Waals surface area contributed by atoms with Crippen LogP contribution in [0.5, 0.6) is 0 Å². The maximum atomic E-state index is 12.6. The van der Waals surface area contributed by atoms with E-state index in [0.717, 1.165) is 35.2 Å². The number of fused-ring (bicyclic) bond motifs is 1. The van der Waals surface area contributed by atoms with Crippen LogP contribution in [0.25, 0.3) is 22.2 Å². The number of aryl methyl sites for hydroxylation is 1. The van der Waals surface area contributed by atoms with Gasteiger partial charge in [-0.3, -0.25) is 9.36 Å². The molecule has 166 valence electrons. The maximum absolute atomic E-state index is 12.6. The summed E-state index contributed by atoms with van der Waals surface area (Å²) < 4.78 is 12.3. The van der Waals surface area contributed by atoms with Crippen molar-refractivity contribution < 1.29 is 13.9 Å². The molecule has 1 aromatic heterocycles. The lowest BCUT2D eigenvalue weighted by Crippen LogP contribution is -2.46. The summed E-state index contributed by atoms with van der Waals surface area (Å²) in [5.74, 6) is -0.863. The van der Waals surface area contributed by atoms with Gasteiger partial charge >= 0.3 is 5.76 Å². The summed E-state index contributed by atoms with van der Waals surface area (Å²) in [6.45, 7) is 3.71. The summed E-state index contributed by atoms with van der Waals surface area (Å²) in [5.41, 5.74) is 4.15. The molecule has 0 aliphatic carbocycles. The van der Waals surface area contributed by atoms with Gasteiger partial charge in [0.2, 0.25) is 0 Å². The molecule has 3 unspecified atom stereocenters. The van der Waals surface area contributed by atoms with Crippen LogP contribution in [-0.4, -0.2) is 42.3 Å². The van der Waals surface area contributed by atoms with Gasteiger partial charge in [-0.1, -0.05) is 37.3 Å². The van der Waals surface area contributed by atoms with Crippen molar-refractivity contribution in [1.29, 1.82) is 5.26 Å². The topological polar surface area (TPSA) is 109 Å². The number of carbonyl (C=O) groups is 1. The number of nitrogens with one attached hydrogen (secondary N) is 2. The molecule has 2 aromatic carbocycles. The van der Waals surface area contributed by atoms with Crippen molar-refractivity contribution in [2.45, 2.75) is 31.4 Å². The van der Waals surface area contributed by atoms with E-state index in [2.05, 4.69) is 16.7 Å². The molecule has 8 heteroatoms. The third-order valence-electron chi connectivity index (χ3n) is 5.94. The molecule has 1 aliphatic rings. The Labute approximate surface area is 185 Å². The van der Waals surface area contributed by atoms with Gasteiger partial charge in [-0.2, -0.15) is 5.26 Å². The maximum Gasteiger partial charge on any atom is 0.419 e. The molecule has 0 bridgehead atoms. The van der Waals surface area contributed by atoms with E-state index in [1.54, 1.807) is 13.1 Å². The number of nitriles is 1. The normalized spacial score (nSPS) is 18.5. The number of amides is 1. The molecular formula is C24H26N4O4. The van der Waals surface area contributed by atoms with Crippen LogP contribution in [0.2, 0.25) is 0 Å². The van der Waals surface area contributed by atoms with Crippen LogP contribution in [0.4, 0.5) is 0 Å². The molecule has 1 aliphatic heterocycles. The van der Waals surface area contributed by atoms with Gasteiger partial charge < -0.3 is 19.8 Å². The predicted molar refractivity (Wildman–Crippen MR) is 120 cm³/mol. The zero-order valence-corrected chi connectivity index (χ0v) is 18.1. The summed E-state index contributed by atoms with van der Waals surface area (Å²) in [6.07, 6.45) is 0.273. The third-order valence-corrected chi connectivity index (χ3v) is 5.94. The molecule has 4 rings (SSSR count). The Morgan fingerprint density at radius 2 is 2.00 bits per heavy atom. The number of benzene rings is 2. The van der Waals surface area contributed by atoms with Gasteiger partial charge in [0.1, 0.15) is 12.1 Å². The zero-order valence-electron chi connectivity index (χ0n) is 18.1. The zero-order chi connectivity index (χ0) is 22.7. The predicted octanol–water partition coefficient (Wildman–Crippen LogP) is 2.29. The summed E-state index contributed by atoms with van der Waals surface area (Å²) >= 11 is 0. The Balaban J connectivity index is 1.48. The van der Waals surface area contributed by atoms with Crippen LogP contribution in [0.1, 0.15) is 24.8 Å². The molecule has 2 heterocycles. The summed E-state index contributed by atoms with van der Waals surface area (Å²) in [5, 5.41) is 15.7. The Kier molecular flexibility index (Phi) is 6.40. The lowest BCUT2D eigenvalue weighted by molar-refractivity contribution is -0.132. The molecule has 1 fully saturated rings. The molecule has 0 saturated carbocycles. The van der Waals surface area contributed by atoms with Crippen molar-refractivity contribution in [2.75, 3.05) is 19.7 Å². The number of oxazole rings is 1. The van der Waals surface area contributed by atoms with Crippen molar-refractivity contribution in [3.8, 4) is 17.2 Å². The smallest absolute Gasteiger partial charge is 0.408 e. The fraction of sp³-hybridized carbons (Fsp3) is 0.375. The quantitative estimate of drug-likeness (QED) is 0.638. The Morgan fingerprint density at radius 3 is 2.75 bits per heavy atom. The molecule has 32 heavy (non-hydrogen) atoms. The van der Waals surface area contributed by atoms with E-state index in [4.69, 9.17) is 9.15 Å². The molecule has 3 aromatic rings. The second-order valence-corrected chi connectivity index (χ2v) is 8.05. The van der Waals surface area contributed by atoms with Gasteiger partial charge in [-0.25, -0.2) is 4.79 Å². The molecule has 8 nitrogen and oxygen atoms in total. The molecule has 1 amide bonds. The van der Waals surface area contributed by atoms with Crippen LogP contribution >= 0.6 is 0 Å². The van der Waals surface area contributed by atoms with E-state index in [1.807, 2.05) is 43.3 Å². The van der Waals surface area contributed by atoms with Gasteiger partial charge in [0.25, 0.3) is 5.91 Å². The molecular weight excluding hydrogens is 408 g/mol. The lowest BCUT2D eigenvalue weighted by Gasteiger charge is -2.22. The first-order chi connectivity index (χ1) is 15.5. The van der Waals surface area contributed by atoms with Gasteiger partial charge in [0.05, 0.1) is 11.6 Å². The number of nitrogens with zero attached hydrogens (tertiary/aromatic N) is 2. The van der Waals surface area contributed by atoms with Gasteiger partial charge in [0, 0.05) is 26.1 Å². The molecule has 3 atom stereocenters. The van der Waals surface area contributed by atoms with Gasteiger partial charge in [-0.05, 0) is 41.8 Å². The summed E-state index contributed by atoms with van der Waals surface area (Å²) in [6, 6.07) is 15.0. The van der Waals surface area contributed by atoms with Crippen LogP contribution in [-0.2, 0) is 16.6 Å². The number of hydrogen-bond donors (Lipinski definition) is 2. The van der Waals surface area contributed by atoms with E-state index in [0.29, 0.717) is 18.7 Å². The number of aromatic nitrogens is 1. The minimum Gasteiger partial charge on any atom is -0.408 e. The highest BCUT2D eigenvalue weighted by molar-refractivity contribution is 5.82. The number of ether oxygens (including phenoxy) is 1.